The fourth-order valence-electron chi connectivity index (χ4n) is 3.02. The number of carbonyl (C=O) groups is 1. The van der Waals surface area contributed by atoms with E-state index in [4.69, 9.17) is 5.73 Å². The number of aromatic nitrogens is 1. The SMILES string of the molecule is CCN(CC)CC1CCN(C(=O)Cc2ccc(N)cn2)CC1.Cl.Cl. The van der Waals surface area contributed by atoms with E-state index in [1.54, 1.807) is 12.3 Å². The summed E-state index contributed by atoms with van der Waals surface area (Å²) in [6.45, 7) is 9.55. The molecule has 0 aliphatic carbocycles. The summed E-state index contributed by atoms with van der Waals surface area (Å²) in [4.78, 5) is 21.0. The van der Waals surface area contributed by atoms with Gasteiger partial charge in [-0.25, -0.2) is 0 Å². The predicted octanol–water partition coefficient (Wildman–Crippen LogP) is 2.63. The Morgan fingerprint density at radius 1 is 1.25 bits per heavy atom. The number of nitrogen functional groups attached to an aromatic ring is 1. The van der Waals surface area contributed by atoms with E-state index in [0.29, 0.717) is 12.1 Å². The number of likely N-dealkylation sites (tertiary alicyclic amines) is 1. The molecule has 1 fully saturated rings. The second-order valence-corrected chi connectivity index (χ2v) is 6.07. The zero-order valence-electron chi connectivity index (χ0n) is 14.6. The highest BCUT2D eigenvalue weighted by Crippen LogP contribution is 2.19. The van der Waals surface area contributed by atoms with Crippen LogP contribution in [0.2, 0.25) is 0 Å². The molecule has 1 aromatic heterocycles. The maximum atomic E-state index is 12.3. The first-order chi connectivity index (χ1) is 10.6. The van der Waals surface area contributed by atoms with Crippen LogP contribution in [0.5, 0.6) is 0 Å². The van der Waals surface area contributed by atoms with Gasteiger partial charge in [0.15, 0.2) is 0 Å². The molecule has 1 aliphatic rings. The molecule has 1 saturated heterocycles. The van der Waals surface area contributed by atoms with E-state index in [0.717, 1.165) is 57.2 Å². The summed E-state index contributed by atoms with van der Waals surface area (Å²) in [6.07, 6.45) is 4.20. The number of piperidine rings is 1. The number of hydrogen-bond donors (Lipinski definition) is 1. The molecule has 0 saturated carbocycles. The summed E-state index contributed by atoms with van der Waals surface area (Å²) in [5, 5.41) is 0. The van der Waals surface area contributed by atoms with Gasteiger partial charge in [0.2, 0.25) is 5.91 Å². The minimum atomic E-state index is 0. The fraction of sp³-hybridized carbons (Fsp3) is 0.647. The third-order valence-electron chi connectivity index (χ3n) is 4.56. The van der Waals surface area contributed by atoms with Crippen molar-refractivity contribution in [3.05, 3.63) is 24.0 Å². The maximum absolute atomic E-state index is 12.3. The first-order valence-corrected chi connectivity index (χ1v) is 8.32. The molecule has 24 heavy (non-hydrogen) atoms. The molecular weight excluding hydrogens is 347 g/mol. The minimum Gasteiger partial charge on any atom is -0.397 e. The Morgan fingerprint density at radius 2 is 1.88 bits per heavy atom. The van der Waals surface area contributed by atoms with Gasteiger partial charge in [-0.2, -0.15) is 0 Å². The molecule has 2 heterocycles. The molecule has 2 rings (SSSR count). The topological polar surface area (TPSA) is 62.5 Å². The van der Waals surface area contributed by atoms with Gasteiger partial charge in [-0.05, 0) is 44.0 Å². The molecule has 0 unspecified atom stereocenters. The van der Waals surface area contributed by atoms with Crippen molar-refractivity contribution >= 4 is 36.4 Å². The summed E-state index contributed by atoms with van der Waals surface area (Å²) in [7, 11) is 0. The van der Waals surface area contributed by atoms with Crippen molar-refractivity contribution in [1.29, 1.82) is 0 Å². The highest BCUT2D eigenvalue weighted by Gasteiger charge is 2.23. The van der Waals surface area contributed by atoms with Crippen molar-refractivity contribution in [3.63, 3.8) is 0 Å². The first kappa shape index (κ1) is 23.0. The summed E-state index contributed by atoms with van der Waals surface area (Å²) < 4.78 is 0. The number of pyridine rings is 1. The van der Waals surface area contributed by atoms with Crippen molar-refractivity contribution in [2.45, 2.75) is 33.1 Å². The van der Waals surface area contributed by atoms with Crippen LogP contribution in [0.25, 0.3) is 0 Å². The number of carbonyl (C=O) groups excluding carboxylic acids is 1. The zero-order valence-corrected chi connectivity index (χ0v) is 16.2. The molecule has 0 radical (unpaired) electrons. The lowest BCUT2D eigenvalue weighted by Crippen LogP contribution is -2.42. The van der Waals surface area contributed by atoms with Crippen LogP contribution in [0.15, 0.2) is 18.3 Å². The molecule has 0 spiro atoms. The van der Waals surface area contributed by atoms with E-state index in [1.807, 2.05) is 11.0 Å². The second-order valence-electron chi connectivity index (χ2n) is 6.07. The van der Waals surface area contributed by atoms with Crippen molar-refractivity contribution in [2.24, 2.45) is 5.92 Å². The molecule has 7 heteroatoms. The highest BCUT2D eigenvalue weighted by molar-refractivity contribution is 5.85. The second kappa shape index (κ2) is 11.5. The van der Waals surface area contributed by atoms with Gasteiger partial charge in [-0.15, -0.1) is 24.8 Å². The molecule has 1 aliphatic heterocycles. The van der Waals surface area contributed by atoms with E-state index in [9.17, 15) is 4.79 Å². The summed E-state index contributed by atoms with van der Waals surface area (Å²) in [6, 6.07) is 3.63. The van der Waals surface area contributed by atoms with Crippen LogP contribution in [0.3, 0.4) is 0 Å². The molecule has 1 amide bonds. The molecule has 2 N–H and O–H groups in total. The van der Waals surface area contributed by atoms with E-state index < -0.39 is 0 Å². The molecule has 5 nitrogen and oxygen atoms in total. The monoisotopic (exact) mass is 376 g/mol. The van der Waals surface area contributed by atoms with Crippen molar-refractivity contribution in [2.75, 3.05) is 38.5 Å². The average molecular weight is 377 g/mol. The highest BCUT2D eigenvalue weighted by atomic mass is 35.5. The van der Waals surface area contributed by atoms with Crippen molar-refractivity contribution < 1.29 is 4.79 Å². The van der Waals surface area contributed by atoms with Crippen LogP contribution in [-0.2, 0) is 11.2 Å². The third kappa shape index (κ3) is 6.83. The zero-order chi connectivity index (χ0) is 15.9. The standard InChI is InChI=1S/C17H28N4O.2ClH/c1-3-20(4-2)13-14-7-9-21(10-8-14)17(22)11-16-6-5-15(18)12-19-16;;/h5-6,12,14H,3-4,7-11,13,18H2,1-2H3;2*1H. The largest absolute Gasteiger partial charge is 0.397 e. The Kier molecular flexibility index (Phi) is 11.0. The van der Waals surface area contributed by atoms with Crippen LogP contribution in [-0.4, -0.2) is 53.4 Å². The molecule has 0 atom stereocenters. The smallest absolute Gasteiger partial charge is 0.228 e. The van der Waals surface area contributed by atoms with Gasteiger partial charge in [0.1, 0.15) is 0 Å². The Labute approximate surface area is 157 Å². The quantitative estimate of drug-likeness (QED) is 0.828. The van der Waals surface area contributed by atoms with E-state index in [1.165, 1.54) is 0 Å². The van der Waals surface area contributed by atoms with Crippen molar-refractivity contribution in [1.82, 2.24) is 14.8 Å². The number of nitrogens with two attached hydrogens (primary N) is 1. The summed E-state index contributed by atoms with van der Waals surface area (Å²) in [5.74, 6) is 0.900. The Hall–Kier alpha value is -1.04. The third-order valence-corrected chi connectivity index (χ3v) is 4.56. The number of amides is 1. The Morgan fingerprint density at radius 3 is 2.38 bits per heavy atom. The molecule has 0 aromatic carbocycles. The van der Waals surface area contributed by atoms with Gasteiger partial charge in [-0.3, -0.25) is 9.78 Å². The lowest BCUT2D eigenvalue weighted by atomic mass is 9.96. The van der Waals surface area contributed by atoms with Crippen LogP contribution in [0.4, 0.5) is 5.69 Å². The van der Waals surface area contributed by atoms with Crippen LogP contribution in [0, 0.1) is 5.92 Å². The fourth-order valence-corrected chi connectivity index (χ4v) is 3.02. The van der Waals surface area contributed by atoms with Gasteiger partial charge < -0.3 is 15.5 Å². The summed E-state index contributed by atoms with van der Waals surface area (Å²) in [5.41, 5.74) is 7.04. The van der Waals surface area contributed by atoms with Gasteiger partial charge in [-0.1, -0.05) is 13.8 Å². The van der Waals surface area contributed by atoms with E-state index >= 15 is 0 Å². The number of halogens is 2. The summed E-state index contributed by atoms with van der Waals surface area (Å²) >= 11 is 0. The average Bonchev–Trinajstić information content (AvgIpc) is 2.55. The lowest BCUT2D eigenvalue weighted by Gasteiger charge is -2.34. The van der Waals surface area contributed by atoms with Crippen molar-refractivity contribution in [3.8, 4) is 0 Å². The lowest BCUT2D eigenvalue weighted by molar-refractivity contribution is -0.132. The molecule has 138 valence electrons. The van der Waals surface area contributed by atoms with E-state index in [-0.39, 0.29) is 30.7 Å². The molecule has 1 aromatic rings. The van der Waals surface area contributed by atoms with Gasteiger partial charge in [0, 0.05) is 25.3 Å². The number of hydrogen-bond acceptors (Lipinski definition) is 4. The van der Waals surface area contributed by atoms with Crippen LogP contribution < -0.4 is 5.73 Å². The molecular formula is C17H30Cl2N4O. The first-order valence-electron chi connectivity index (χ1n) is 8.32. The van der Waals surface area contributed by atoms with Gasteiger partial charge in [0.25, 0.3) is 0 Å². The number of nitrogens with zero attached hydrogens (tertiary/aromatic N) is 3. The maximum Gasteiger partial charge on any atom is 0.228 e. The number of anilines is 1. The van der Waals surface area contributed by atoms with Crippen LogP contribution in [0.1, 0.15) is 32.4 Å². The predicted molar refractivity (Wildman–Crippen MR) is 104 cm³/mol. The minimum absolute atomic E-state index is 0. The Bertz CT molecular complexity index is 472. The van der Waals surface area contributed by atoms with Gasteiger partial charge >= 0.3 is 0 Å². The normalized spacial score (nSPS) is 14.9. The van der Waals surface area contributed by atoms with Crippen LogP contribution >= 0.6 is 24.8 Å². The Balaban J connectivity index is 0.00000264. The van der Waals surface area contributed by atoms with Gasteiger partial charge in [0.05, 0.1) is 18.3 Å². The molecule has 0 bridgehead atoms. The van der Waals surface area contributed by atoms with E-state index in [2.05, 4.69) is 23.7 Å². The number of rotatable bonds is 6.